The quantitative estimate of drug-likeness (QED) is 0.545. The maximum atomic E-state index is 12.9. The van der Waals surface area contributed by atoms with Crippen LogP contribution in [-0.2, 0) is 0 Å². The number of nitrogens with zero attached hydrogens (tertiary/aromatic N) is 3. The molecular weight excluding hydrogens is 421 g/mol. The van der Waals surface area contributed by atoms with Crippen molar-refractivity contribution in [1.82, 2.24) is 9.88 Å². The van der Waals surface area contributed by atoms with Crippen molar-refractivity contribution in [3.05, 3.63) is 44.6 Å². The maximum absolute atomic E-state index is 12.9. The van der Waals surface area contributed by atoms with Crippen molar-refractivity contribution in [2.24, 2.45) is 0 Å². The molecule has 25 heavy (non-hydrogen) atoms. The van der Waals surface area contributed by atoms with Gasteiger partial charge in [-0.2, -0.15) is 0 Å². The number of carbonyl (C=O) groups excluding carboxylic acids is 1. The normalized spacial score (nSPS) is 10.9. The fourth-order valence-electron chi connectivity index (χ4n) is 2.16. The second-order valence-electron chi connectivity index (χ2n) is 5.45. The van der Waals surface area contributed by atoms with E-state index in [4.69, 9.17) is 23.2 Å². The Labute approximate surface area is 170 Å². The van der Waals surface area contributed by atoms with Crippen molar-refractivity contribution >= 4 is 79.5 Å². The molecule has 0 radical (unpaired) electrons. The summed E-state index contributed by atoms with van der Waals surface area (Å²) in [7, 11) is 3.94. The van der Waals surface area contributed by atoms with Gasteiger partial charge in [-0.3, -0.25) is 9.69 Å². The fraction of sp³-hybridized carbons (Fsp3) is 0.250. The third kappa shape index (κ3) is 4.64. The van der Waals surface area contributed by atoms with Crippen LogP contribution in [0, 0.1) is 0 Å². The lowest BCUT2D eigenvalue weighted by atomic mass is 10.3. The Hall–Kier alpha value is -0.890. The Morgan fingerprint density at radius 1 is 1.12 bits per heavy atom. The Bertz CT molecular complexity index is 879. The van der Waals surface area contributed by atoms with Gasteiger partial charge in [0.2, 0.25) is 0 Å². The minimum atomic E-state index is -0.0936. The number of anilines is 1. The summed E-state index contributed by atoms with van der Waals surface area (Å²) in [5.41, 5.74) is 0.728. The third-order valence-electron chi connectivity index (χ3n) is 3.39. The van der Waals surface area contributed by atoms with E-state index in [1.54, 1.807) is 23.1 Å². The number of hydrogen-bond acceptors (Lipinski definition) is 5. The molecule has 0 fully saturated rings. The minimum absolute atomic E-state index is 0. The number of fused-ring (bicyclic) bond motifs is 1. The van der Waals surface area contributed by atoms with E-state index < -0.39 is 0 Å². The maximum Gasteiger partial charge on any atom is 0.270 e. The number of carbonyl (C=O) groups is 1. The van der Waals surface area contributed by atoms with Crippen molar-refractivity contribution in [3.63, 3.8) is 0 Å². The van der Waals surface area contributed by atoms with E-state index in [0.29, 0.717) is 25.9 Å². The highest BCUT2D eigenvalue weighted by Crippen LogP contribution is 2.34. The van der Waals surface area contributed by atoms with Crippen LogP contribution >= 0.6 is 58.3 Å². The first-order chi connectivity index (χ1) is 11.5. The van der Waals surface area contributed by atoms with Gasteiger partial charge in [0.25, 0.3) is 5.91 Å². The molecule has 0 aliphatic carbocycles. The number of thiophene rings is 1. The molecule has 1 amide bonds. The number of halogens is 3. The SMILES string of the molecule is CN(C)CCN(C(=O)c1ccc(Cl)s1)c1nc2c(Cl)cccc2s1.Cl. The number of rotatable bonds is 5. The van der Waals surface area contributed by atoms with Gasteiger partial charge < -0.3 is 4.90 Å². The summed E-state index contributed by atoms with van der Waals surface area (Å²) in [4.78, 5) is 21.8. The van der Waals surface area contributed by atoms with Crippen LogP contribution in [0.4, 0.5) is 5.13 Å². The molecule has 0 bridgehead atoms. The second-order valence-corrected chi connectivity index (χ2v) is 8.58. The predicted octanol–water partition coefficient (Wildman–Crippen LogP) is 5.29. The summed E-state index contributed by atoms with van der Waals surface area (Å²) in [6.07, 6.45) is 0. The summed E-state index contributed by atoms with van der Waals surface area (Å²) >= 11 is 14.9. The molecule has 0 N–H and O–H groups in total. The van der Waals surface area contributed by atoms with Crippen LogP contribution in [0.1, 0.15) is 9.67 Å². The van der Waals surface area contributed by atoms with Gasteiger partial charge in [0, 0.05) is 13.1 Å². The lowest BCUT2D eigenvalue weighted by Gasteiger charge is -2.21. The second kappa shape index (κ2) is 8.66. The minimum Gasteiger partial charge on any atom is -0.308 e. The first-order valence-electron chi connectivity index (χ1n) is 7.22. The number of thiazole rings is 1. The van der Waals surface area contributed by atoms with Crippen LogP contribution in [0.2, 0.25) is 9.36 Å². The van der Waals surface area contributed by atoms with Crippen LogP contribution in [0.25, 0.3) is 10.2 Å². The largest absolute Gasteiger partial charge is 0.308 e. The highest BCUT2D eigenvalue weighted by molar-refractivity contribution is 7.22. The molecule has 9 heteroatoms. The first kappa shape index (κ1) is 20.4. The Morgan fingerprint density at radius 3 is 2.48 bits per heavy atom. The highest BCUT2D eigenvalue weighted by atomic mass is 35.5. The number of amides is 1. The third-order valence-corrected chi connectivity index (χ3v) is 5.96. The molecule has 0 aliphatic heterocycles. The molecule has 4 nitrogen and oxygen atoms in total. The molecule has 3 aromatic rings. The fourth-order valence-corrected chi connectivity index (χ4v) is 4.45. The number of para-hydroxylation sites is 1. The van der Waals surface area contributed by atoms with Gasteiger partial charge in [0.1, 0.15) is 5.52 Å². The molecule has 0 saturated carbocycles. The zero-order valence-corrected chi connectivity index (χ0v) is 17.5. The van der Waals surface area contributed by atoms with Crippen LogP contribution in [0.3, 0.4) is 0 Å². The van der Waals surface area contributed by atoms with Crippen LogP contribution in [0.5, 0.6) is 0 Å². The van der Waals surface area contributed by atoms with E-state index in [1.807, 2.05) is 31.1 Å². The topological polar surface area (TPSA) is 36.4 Å². The molecule has 134 valence electrons. The zero-order valence-electron chi connectivity index (χ0n) is 13.5. The monoisotopic (exact) mass is 435 g/mol. The average molecular weight is 437 g/mol. The number of benzene rings is 1. The molecular formula is C16H16Cl3N3OS2. The summed E-state index contributed by atoms with van der Waals surface area (Å²) < 4.78 is 1.56. The highest BCUT2D eigenvalue weighted by Gasteiger charge is 2.23. The summed E-state index contributed by atoms with van der Waals surface area (Å²) in [5.74, 6) is -0.0936. The van der Waals surface area contributed by atoms with Crippen LogP contribution in [-0.4, -0.2) is 43.0 Å². The lowest BCUT2D eigenvalue weighted by Crippen LogP contribution is -2.36. The van der Waals surface area contributed by atoms with Crippen molar-refractivity contribution in [2.45, 2.75) is 0 Å². The molecule has 0 atom stereocenters. The van der Waals surface area contributed by atoms with Crippen molar-refractivity contribution < 1.29 is 4.79 Å². The van der Waals surface area contributed by atoms with Gasteiger partial charge >= 0.3 is 0 Å². The average Bonchev–Trinajstić information content (AvgIpc) is 3.14. The van der Waals surface area contributed by atoms with Gasteiger partial charge in [0.15, 0.2) is 5.13 Å². The summed E-state index contributed by atoms with van der Waals surface area (Å²) in [6, 6.07) is 9.13. The zero-order chi connectivity index (χ0) is 17.3. The summed E-state index contributed by atoms with van der Waals surface area (Å²) in [6.45, 7) is 1.27. The Balaban J connectivity index is 0.00000225. The lowest BCUT2D eigenvalue weighted by molar-refractivity contribution is 0.0989. The van der Waals surface area contributed by atoms with Gasteiger partial charge in [0.05, 0.1) is 18.9 Å². The van der Waals surface area contributed by atoms with Gasteiger partial charge in [-0.15, -0.1) is 23.7 Å². The predicted molar refractivity (Wildman–Crippen MR) is 111 cm³/mol. The van der Waals surface area contributed by atoms with E-state index >= 15 is 0 Å². The molecule has 0 saturated heterocycles. The van der Waals surface area contributed by atoms with Gasteiger partial charge in [-0.1, -0.05) is 40.6 Å². The van der Waals surface area contributed by atoms with E-state index in [1.165, 1.54) is 22.7 Å². The molecule has 0 unspecified atom stereocenters. The number of hydrogen-bond donors (Lipinski definition) is 0. The molecule has 3 rings (SSSR count). The smallest absolute Gasteiger partial charge is 0.270 e. The van der Waals surface area contributed by atoms with E-state index in [9.17, 15) is 4.79 Å². The molecule has 0 spiro atoms. The number of aromatic nitrogens is 1. The molecule has 1 aromatic carbocycles. The van der Waals surface area contributed by atoms with Crippen molar-refractivity contribution in [2.75, 3.05) is 32.1 Å². The van der Waals surface area contributed by atoms with E-state index in [-0.39, 0.29) is 18.3 Å². The van der Waals surface area contributed by atoms with E-state index in [0.717, 1.165) is 16.8 Å². The molecule has 0 aliphatic rings. The Kier molecular flexibility index (Phi) is 7.08. The molecule has 2 heterocycles. The van der Waals surface area contributed by atoms with E-state index in [2.05, 4.69) is 4.98 Å². The number of likely N-dealkylation sites (N-methyl/N-ethyl adjacent to an activating group) is 1. The summed E-state index contributed by atoms with van der Waals surface area (Å²) in [5, 5.41) is 1.24. The van der Waals surface area contributed by atoms with Crippen molar-refractivity contribution in [1.29, 1.82) is 0 Å². The standard InChI is InChI=1S/C16H15Cl2N3OS2.ClH/c1-20(2)8-9-21(15(22)12-6-7-13(18)23-12)16-19-14-10(17)4-3-5-11(14)24-16;/h3-7H,8-9H2,1-2H3;1H. The van der Waals surface area contributed by atoms with Gasteiger partial charge in [-0.05, 0) is 38.4 Å². The van der Waals surface area contributed by atoms with Gasteiger partial charge in [-0.25, -0.2) is 4.98 Å². The van der Waals surface area contributed by atoms with Crippen LogP contribution in [0.15, 0.2) is 30.3 Å². The van der Waals surface area contributed by atoms with Crippen LogP contribution < -0.4 is 4.90 Å². The van der Waals surface area contributed by atoms with Crippen molar-refractivity contribution in [3.8, 4) is 0 Å². The molecule has 2 aromatic heterocycles. The first-order valence-corrected chi connectivity index (χ1v) is 9.61. The Morgan fingerprint density at radius 2 is 1.88 bits per heavy atom.